The van der Waals surface area contributed by atoms with Crippen molar-refractivity contribution in [2.45, 2.75) is 12.8 Å². The second-order valence-corrected chi connectivity index (χ2v) is 2.28. The predicted molar refractivity (Wildman–Crippen MR) is 41.8 cm³/mol. The van der Waals surface area contributed by atoms with Gasteiger partial charge < -0.3 is 10.7 Å². The molecule has 56 valence electrons. The summed E-state index contributed by atoms with van der Waals surface area (Å²) < 4.78 is 0. The number of allylic oxidation sites excluding steroid dienone is 2. The van der Waals surface area contributed by atoms with Crippen molar-refractivity contribution in [2.24, 2.45) is 5.84 Å². The first-order valence-electron chi connectivity index (χ1n) is 3.44. The quantitative estimate of drug-likeness (QED) is 0.379. The molecule has 0 saturated heterocycles. The van der Waals surface area contributed by atoms with Crippen LogP contribution in [0.5, 0.6) is 0 Å². The molecule has 0 aromatic heterocycles. The number of hydrogen-bond acceptors (Lipinski definition) is 3. The molecule has 1 aliphatic rings. The van der Waals surface area contributed by atoms with Crippen molar-refractivity contribution in [1.82, 2.24) is 10.7 Å². The van der Waals surface area contributed by atoms with Crippen LogP contribution in [0.15, 0.2) is 24.0 Å². The maximum absolute atomic E-state index is 5.25. The maximum atomic E-state index is 5.25. The summed E-state index contributed by atoms with van der Waals surface area (Å²) in [6.07, 6.45) is 4.06. The molecule has 0 bridgehead atoms. The lowest BCUT2D eigenvalue weighted by atomic mass is 10.1. The molecule has 0 aromatic rings. The van der Waals surface area contributed by atoms with Gasteiger partial charge in [0.15, 0.2) is 0 Å². The van der Waals surface area contributed by atoms with E-state index in [2.05, 4.69) is 17.3 Å². The average molecular weight is 139 g/mol. The van der Waals surface area contributed by atoms with E-state index in [1.807, 2.05) is 6.08 Å². The highest BCUT2D eigenvalue weighted by Crippen LogP contribution is 2.12. The van der Waals surface area contributed by atoms with Crippen molar-refractivity contribution in [3.63, 3.8) is 0 Å². The molecule has 3 heteroatoms. The Kier molecular flexibility index (Phi) is 2.34. The van der Waals surface area contributed by atoms with Crippen LogP contribution in [0.4, 0.5) is 0 Å². The molecule has 0 spiro atoms. The van der Waals surface area contributed by atoms with Gasteiger partial charge in [0.05, 0.1) is 0 Å². The summed E-state index contributed by atoms with van der Waals surface area (Å²) in [5, 5.41) is 3.14. The first-order chi connectivity index (χ1) is 4.88. The summed E-state index contributed by atoms with van der Waals surface area (Å²) in [7, 11) is 0. The zero-order valence-corrected chi connectivity index (χ0v) is 5.98. The molecule has 0 aliphatic carbocycles. The summed E-state index contributed by atoms with van der Waals surface area (Å²) in [5.41, 5.74) is 3.78. The largest absolute Gasteiger partial charge is 0.371 e. The van der Waals surface area contributed by atoms with Gasteiger partial charge in [-0.05, 0) is 18.4 Å². The fourth-order valence-corrected chi connectivity index (χ4v) is 1.08. The van der Waals surface area contributed by atoms with Gasteiger partial charge in [0.25, 0.3) is 0 Å². The Morgan fingerprint density at radius 2 is 2.50 bits per heavy atom. The minimum atomic E-state index is 0.918. The summed E-state index contributed by atoms with van der Waals surface area (Å²) in [6.45, 7) is 4.69. The predicted octanol–water partition coefficient (Wildman–Crippen LogP) is 0.231. The molecule has 0 amide bonds. The van der Waals surface area contributed by atoms with Crippen LogP contribution in [0.25, 0.3) is 0 Å². The summed E-state index contributed by atoms with van der Waals surface area (Å²) in [4.78, 5) is 0. The number of rotatable bonds is 2. The van der Waals surface area contributed by atoms with E-state index in [9.17, 15) is 0 Å². The summed E-state index contributed by atoms with van der Waals surface area (Å²) in [5.74, 6) is 6.17. The van der Waals surface area contributed by atoms with Crippen LogP contribution in [0.2, 0.25) is 0 Å². The van der Waals surface area contributed by atoms with E-state index in [4.69, 9.17) is 5.84 Å². The summed E-state index contributed by atoms with van der Waals surface area (Å²) in [6, 6.07) is 0. The molecule has 0 aromatic carbocycles. The van der Waals surface area contributed by atoms with Crippen LogP contribution in [0, 0.1) is 0 Å². The van der Waals surface area contributed by atoms with Crippen LogP contribution in [-0.2, 0) is 0 Å². The van der Waals surface area contributed by atoms with Crippen molar-refractivity contribution in [3.8, 4) is 0 Å². The van der Waals surface area contributed by atoms with Gasteiger partial charge >= 0.3 is 0 Å². The van der Waals surface area contributed by atoms with Crippen LogP contribution >= 0.6 is 0 Å². The van der Waals surface area contributed by atoms with Gasteiger partial charge in [0.2, 0.25) is 0 Å². The number of hydrogen-bond donors (Lipinski definition) is 3. The first-order valence-corrected chi connectivity index (χ1v) is 3.44. The van der Waals surface area contributed by atoms with Crippen molar-refractivity contribution >= 4 is 0 Å². The Labute approximate surface area is 61.0 Å². The van der Waals surface area contributed by atoms with E-state index in [-0.39, 0.29) is 0 Å². The normalized spacial score (nSPS) is 18.1. The molecule has 1 rings (SSSR count). The van der Waals surface area contributed by atoms with Gasteiger partial charge in [-0.1, -0.05) is 12.7 Å². The van der Waals surface area contributed by atoms with Crippen molar-refractivity contribution in [1.29, 1.82) is 0 Å². The van der Waals surface area contributed by atoms with Gasteiger partial charge in [0, 0.05) is 6.54 Å². The third kappa shape index (κ3) is 1.30. The van der Waals surface area contributed by atoms with Crippen molar-refractivity contribution in [3.05, 3.63) is 24.0 Å². The molecule has 1 heterocycles. The van der Waals surface area contributed by atoms with E-state index in [0.29, 0.717) is 0 Å². The monoisotopic (exact) mass is 139 g/mol. The van der Waals surface area contributed by atoms with Crippen molar-refractivity contribution < 1.29 is 0 Å². The number of nitrogens with two attached hydrogens (primary N) is 1. The second-order valence-electron chi connectivity index (χ2n) is 2.28. The molecule has 0 fully saturated rings. The molecule has 0 unspecified atom stereocenters. The van der Waals surface area contributed by atoms with Gasteiger partial charge in [-0.3, -0.25) is 0 Å². The molecule has 4 N–H and O–H groups in total. The Balaban J connectivity index is 2.72. The lowest BCUT2D eigenvalue weighted by Crippen LogP contribution is -2.35. The van der Waals surface area contributed by atoms with E-state index >= 15 is 0 Å². The molecular weight excluding hydrogens is 126 g/mol. The first kappa shape index (κ1) is 7.15. The molecule has 0 atom stereocenters. The van der Waals surface area contributed by atoms with Crippen molar-refractivity contribution in [2.75, 3.05) is 6.54 Å². The molecule has 0 radical (unpaired) electrons. The molecule has 10 heavy (non-hydrogen) atoms. The molecule has 0 saturated carbocycles. The lowest BCUT2D eigenvalue weighted by Gasteiger charge is -2.18. The zero-order valence-electron chi connectivity index (χ0n) is 5.98. The van der Waals surface area contributed by atoms with Crippen LogP contribution in [0.3, 0.4) is 0 Å². The summed E-state index contributed by atoms with van der Waals surface area (Å²) >= 11 is 0. The van der Waals surface area contributed by atoms with Gasteiger partial charge in [-0.15, -0.1) is 0 Å². The van der Waals surface area contributed by atoms with E-state index in [1.54, 1.807) is 0 Å². The van der Waals surface area contributed by atoms with Gasteiger partial charge in [-0.25, -0.2) is 5.84 Å². The standard InChI is InChI=1S/C7H13N3/c1-2-6-4-3-5-9-7(6)10-8/h2,9-10H,1,3-5,8H2. The smallest absolute Gasteiger partial charge is 0.116 e. The molecule has 1 aliphatic heterocycles. The minimum absolute atomic E-state index is 0.918. The van der Waals surface area contributed by atoms with Crippen LogP contribution in [0.1, 0.15) is 12.8 Å². The van der Waals surface area contributed by atoms with Gasteiger partial charge in [0.1, 0.15) is 5.82 Å². The fraction of sp³-hybridized carbons (Fsp3) is 0.429. The third-order valence-corrected chi connectivity index (χ3v) is 1.64. The fourth-order valence-electron chi connectivity index (χ4n) is 1.08. The highest BCUT2D eigenvalue weighted by atomic mass is 15.3. The Hall–Kier alpha value is -0.960. The average Bonchev–Trinajstić information content (AvgIpc) is 2.04. The Morgan fingerprint density at radius 3 is 3.00 bits per heavy atom. The van der Waals surface area contributed by atoms with E-state index < -0.39 is 0 Å². The zero-order chi connectivity index (χ0) is 7.40. The number of hydrazine groups is 1. The maximum Gasteiger partial charge on any atom is 0.116 e. The highest BCUT2D eigenvalue weighted by Gasteiger charge is 2.06. The Morgan fingerprint density at radius 1 is 1.70 bits per heavy atom. The van der Waals surface area contributed by atoms with Crippen LogP contribution < -0.4 is 16.6 Å². The Bertz CT molecular complexity index is 160. The minimum Gasteiger partial charge on any atom is -0.371 e. The van der Waals surface area contributed by atoms with Crippen LogP contribution in [-0.4, -0.2) is 6.54 Å². The molecule has 3 nitrogen and oxygen atoms in total. The third-order valence-electron chi connectivity index (χ3n) is 1.64. The topological polar surface area (TPSA) is 50.1 Å². The lowest BCUT2D eigenvalue weighted by molar-refractivity contribution is 0.615. The highest BCUT2D eigenvalue weighted by molar-refractivity contribution is 5.23. The van der Waals surface area contributed by atoms with Gasteiger partial charge in [-0.2, -0.15) is 0 Å². The molecular formula is C7H13N3. The SMILES string of the molecule is C=CC1=C(NN)NCCC1. The van der Waals surface area contributed by atoms with E-state index in [1.165, 1.54) is 5.57 Å². The number of nitrogens with one attached hydrogen (secondary N) is 2. The van der Waals surface area contributed by atoms with E-state index in [0.717, 1.165) is 25.2 Å². The second kappa shape index (κ2) is 3.27.